The summed E-state index contributed by atoms with van der Waals surface area (Å²) in [5.74, 6) is 0. The predicted molar refractivity (Wildman–Crippen MR) is 245 cm³/mol. The van der Waals surface area contributed by atoms with Crippen molar-refractivity contribution in [2.45, 2.75) is 39.7 Å². The molecule has 8 aromatic carbocycles. The van der Waals surface area contributed by atoms with Crippen molar-refractivity contribution in [2.75, 3.05) is 9.80 Å². The number of nitriles is 2. The van der Waals surface area contributed by atoms with E-state index in [1.807, 2.05) is 12.1 Å². The maximum atomic E-state index is 10.4. The minimum atomic E-state index is -0.800. The van der Waals surface area contributed by atoms with Crippen LogP contribution in [0.4, 0.5) is 28.4 Å². The van der Waals surface area contributed by atoms with E-state index in [0.29, 0.717) is 17.7 Å². The number of nitrogens with zero attached hydrogens (tertiary/aromatic N) is 4. The summed E-state index contributed by atoms with van der Waals surface area (Å²) in [5, 5.41) is 20.8. The van der Waals surface area contributed by atoms with E-state index in [4.69, 9.17) is 0 Å². The topological polar surface area (TPSA) is 54.1 Å². The molecule has 0 unspecified atom stereocenters. The van der Waals surface area contributed by atoms with Crippen molar-refractivity contribution >= 4 is 28.4 Å². The summed E-state index contributed by atoms with van der Waals surface area (Å²) < 4.78 is 0. The van der Waals surface area contributed by atoms with E-state index in [2.05, 4.69) is 207 Å². The predicted octanol–water partition coefficient (Wildman–Crippen LogP) is 13.8. The Morgan fingerprint density at radius 1 is 0.383 bits per heavy atom. The van der Waals surface area contributed by atoms with Gasteiger partial charge in [0, 0.05) is 35.0 Å². The van der Waals surface area contributed by atoms with Gasteiger partial charge in [-0.05, 0) is 163 Å². The molecule has 0 aliphatic heterocycles. The minimum absolute atomic E-state index is 0.606. The van der Waals surface area contributed by atoms with Crippen molar-refractivity contribution in [3.8, 4) is 34.4 Å². The van der Waals surface area contributed by atoms with Crippen molar-refractivity contribution in [1.82, 2.24) is 0 Å². The minimum Gasteiger partial charge on any atom is -0.337 e. The molecule has 0 radical (unpaired) electrons. The fraction of sp³-hybridized carbons (Fsp3) is 0.107. The van der Waals surface area contributed by atoms with Crippen LogP contribution in [0.25, 0.3) is 22.3 Å². The SMILES string of the molecule is Cc1ccc(N(Cc2ccc3c(c2)C2(c4cc(C#N)ccc4-c4ccc(C#N)cc42)c2cc(N(c4ccc(C)cc4)c4ccc(C)cc4)ccc2-3)c2ccc(C)cc2)cc1. The van der Waals surface area contributed by atoms with Crippen LogP contribution in [-0.4, -0.2) is 0 Å². The second kappa shape index (κ2) is 14.3. The number of aryl methyl sites for hydroxylation is 4. The molecule has 4 nitrogen and oxygen atoms in total. The largest absolute Gasteiger partial charge is 0.337 e. The molecular formula is C56H42N4. The van der Waals surface area contributed by atoms with E-state index in [9.17, 15) is 10.5 Å². The molecule has 10 rings (SSSR count). The van der Waals surface area contributed by atoms with Crippen molar-refractivity contribution < 1.29 is 0 Å². The summed E-state index contributed by atoms with van der Waals surface area (Å²) in [6.07, 6.45) is 0. The first-order valence-corrected chi connectivity index (χ1v) is 20.5. The first-order valence-electron chi connectivity index (χ1n) is 20.5. The Labute approximate surface area is 352 Å². The highest BCUT2D eigenvalue weighted by Crippen LogP contribution is 2.64. The van der Waals surface area contributed by atoms with Gasteiger partial charge in [0.1, 0.15) is 0 Å². The average Bonchev–Trinajstić information content (AvgIpc) is 3.73. The highest BCUT2D eigenvalue weighted by atomic mass is 15.1. The third-order valence-electron chi connectivity index (χ3n) is 12.5. The Kier molecular flexibility index (Phi) is 8.75. The first kappa shape index (κ1) is 36.7. The normalized spacial score (nSPS) is 12.5. The zero-order valence-corrected chi connectivity index (χ0v) is 34.2. The Morgan fingerprint density at radius 3 is 1.17 bits per heavy atom. The van der Waals surface area contributed by atoms with Crippen molar-refractivity contribution in [3.05, 3.63) is 231 Å². The van der Waals surface area contributed by atoms with Crippen LogP contribution in [0.1, 0.15) is 61.2 Å². The molecule has 1 spiro atoms. The van der Waals surface area contributed by atoms with Crippen molar-refractivity contribution in [1.29, 1.82) is 10.5 Å². The highest BCUT2D eigenvalue weighted by Gasteiger charge is 2.52. The van der Waals surface area contributed by atoms with E-state index < -0.39 is 5.41 Å². The van der Waals surface area contributed by atoms with Gasteiger partial charge < -0.3 is 9.80 Å². The molecule has 8 aromatic rings. The van der Waals surface area contributed by atoms with E-state index >= 15 is 0 Å². The standard InChI is InChI=1S/C56H42N4/c1-36-5-16-43(17-6-36)59(44-18-7-37(2)8-19-44)35-42-15-27-50-51-28-24-47(60(45-20-9-38(3)10-21-45)46-22-11-39(4)12-23-46)32-55(51)56(54(50)31-42)52-29-40(33-57)13-25-48(52)49-26-14-41(34-58)30-53(49)56/h5-32H,35H2,1-4H3. The molecule has 60 heavy (non-hydrogen) atoms. The lowest BCUT2D eigenvalue weighted by molar-refractivity contribution is 0.789. The van der Waals surface area contributed by atoms with Crippen LogP contribution < -0.4 is 9.80 Å². The van der Waals surface area contributed by atoms with Crippen LogP contribution >= 0.6 is 0 Å². The summed E-state index contributed by atoms with van der Waals surface area (Å²) in [5.41, 5.74) is 20.7. The number of fused-ring (bicyclic) bond motifs is 10. The average molecular weight is 771 g/mol. The van der Waals surface area contributed by atoms with Gasteiger partial charge in [0.2, 0.25) is 0 Å². The Bertz CT molecular complexity index is 2900. The number of hydrogen-bond donors (Lipinski definition) is 0. The van der Waals surface area contributed by atoms with Gasteiger partial charge in [0.25, 0.3) is 0 Å². The van der Waals surface area contributed by atoms with Crippen LogP contribution in [0.5, 0.6) is 0 Å². The number of rotatable bonds is 7. The van der Waals surface area contributed by atoms with Gasteiger partial charge >= 0.3 is 0 Å². The second-order valence-electron chi connectivity index (χ2n) is 16.4. The molecule has 0 atom stereocenters. The first-order chi connectivity index (χ1) is 29.2. The van der Waals surface area contributed by atoms with Crippen molar-refractivity contribution in [3.63, 3.8) is 0 Å². The quantitative estimate of drug-likeness (QED) is 0.162. The monoisotopic (exact) mass is 770 g/mol. The van der Waals surface area contributed by atoms with Gasteiger partial charge in [-0.3, -0.25) is 0 Å². The second-order valence-corrected chi connectivity index (χ2v) is 16.4. The molecule has 286 valence electrons. The summed E-state index contributed by atoms with van der Waals surface area (Å²) in [4.78, 5) is 4.71. The smallest absolute Gasteiger partial charge is 0.0991 e. The van der Waals surface area contributed by atoms with Gasteiger partial charge in [-0.15, -0.1) is 0 Å². The van der Waals surface area contributed by atoms with Gasteiger partial charge in [-0.2, -0.15) is 10.5 Å². The lowest BCUT2D eigenvalue weighted by Crippen LogP contribution is -2.27. The molecular weight excluding hydrogens is 729 g/mol. The fourth-order valence-electron chi connectivity index (χ4n) is 9.44. The number of hydrogen-bond acceptors (Lipinski definition) is 4. The summed E-state index contributed by atoms with van der Waals surface area (Å²) in [6, 6.07) is 65.8. The fourth-order valence-corrected chi connectivity index (χ4v) is 9.44. The van der Waals surface area contributed by atoms with Gasteiger partial charge in [0.15, 0.2) is 0 Å². The van der Waals surface area contributed by atoms with Crippen molar-refractivity contribution in [2.24, 2.45) is 0 Å². The van der Waals surface area contributed by atoms with Crippen LogP contribution in [0.3, 0.4) is 0 Å². The van der Waals surface area contributed by atoms with Gasteiger partial charge in [0.05, 0.1) is 28.7 Å². The zero-order valence-electron chi connectivity index (χ0n) is 34.2. The lowest BCUT2D eigenvalue weighted by atomic mass is 9.70. The van der Waals surface area contributed by atoms with Crippen LogP contribution in [0, 0.1) is 50.4 Å². The third kappa shape index (κ3) is 5.88. The lowest BCUT2D eigenvalue weighted by Gasteiger charge is -2.33. The van der Waals surface area contributed by atoms with Crippen LogP contribution in [0.2, 0.25) is 0 Å². The highest BCUT2D eigenvalue weighted by molar-refractivity contribution is 5.97. The maximum absolute atomic E-state index is 10.4. The Morgan fingerprint density at radius 2 is 0.733 bits per heavy atom. The number of anilines is 5. The van der Waals surface area contributed by atoms with E-state index in [1.165, 1.54) is 22.3 Å². The van der Waals surface area contributed by atoms with Crippen LogP contribution in [-0.2, 0) is 12.0 Å². The van der Waals surface area contributed by atoms with Gasteiger partial charge in [-0.25, -0.2) is 0 Å². The molecule has 0 heterocycles. The number of benzene rings is 8. The molecule has 0 aromatic heterocycles. The molecule has 0 saturated carbocycles. The molecule has 0 amide bonds. The molecule has 0 bridgehead atoms. The summed E-state index contributed by atoms with van der Waals surface area (Å²) in [7, 11) is 0. The van der Waals surface area contributed by atoms with E-state index in [-0.39, 0.29) is 0 Å². The Balaban J connectivity index is 1.23. The molecule has 0 fully saturated rings. The molecule has 2 aliphatic carbocycles. The van der Waals surface area contributed by atoms with E-state index in [1.54, 1.807) is 0 Å². The maximum Gasteiger partial charge on any atom is 0.0991 e. The zero-order chi connectivity index (χ0) is 41.1. The Hall–Kier alpha value is -7.66. The van der Waals surface area contributed by atoms with Crippen LogP contribution in [0.15, 0.2) is 170 Å². The third-order valence-corrected chi connectivity index (χ3v) is 12.5. The van der Waals surface area contributed by atoms with Gasteiger partial charge in [-0.1, -0.05) is 107 Å². The summed E-state index contributed by atoms with van der Waals surface area (Å²) in [6.45, 7) is 9.12. The molecule has 2 aliphatic rings. The molecule has 0 N–H and O–H groups in total. The molecule has 0 saturated heterocycles. The molecule has 4 heteroatoms. The van der Waals surface area contributed by atoms with E-state index in [0.717, 1.165) is 78.5 Å². The summed E-state index contributed by atoms with van der Waals surface area (Å²) >= 11 is 0.